The molecule has 0 radical (unpaired) electrons. The van der Waals surface area contributed by atoms with E-state index >= 15 is 0 Å². The number of ether oxygens (including phenoxy) is 2. The van der Waals surface area contributed by atoms with Crippen molar-refractivity contribution >= 4 is 23.4 Å². The first-order valence-electron chi connectivity index (χ1n) is 9.07. The van der Waals surface area contributed by atoms with E-state index < -0.39 is 17.6 Å². The molecule has 0 fully saturated rings. The molecule has 1 unspecified atom stereocenters. The topological polar surface area (TPSA) is 90.7 Å². The first-order chi connectivity index (χ1) is 14.3. The van der Waals surface area contributed by atoms with Crippen molar-refractivity contribution < 1.29 is 28.0 Å². The largest absolute Gasteiger partial charge is 0.490 e. The van der Waals surface area contributed by atoms with Crippen molar-refractivity contribution in [3.63, 3.8) is 0 Å². The predicted molar refractivity (Wildman–Crippen MR) is 110 cm³/mol. The number of carbonyl (C=O) groups excluding carboxylic acids is 1. The van der Waals surface area contributed by atoms with Crippen LogP contribution in [0.5, 0.6) is 11.5 Å². The monoisotopic (exact) mass is 440 g/mol. The molecule has 0 bridgehead atoms. The summed E-state index contributed by atoms with van der Waals surface area (Å²) in [6.07, 6.45) is 0.491. The van der Waals surface area contributed by atoms with E-state index in [9.17, 15) is 23.7 Å². The van der Waals surface area contributed by atoms with Crippen molar-refractivity contribution in [3.8, 4) is 11.5 Å². The molecule has 2 aromatic carbocycles. The number of nitro groups is 1. The van der Waals surface area contributed by atoms with Gasteiger partial charge in [-0.25, -0.2) is 0 Å². The van der Waals surface area contributed by atoms with E-state index in [2.05, 4.69) is 10.1 Å². The molecular formula is C20H22F2N2O5S. The molecule has 0 aromatic heterocycles. The van der Waals surface area contributed by atoms with E-state index in [1.54, 1.807) is 24.3 Å². The third-order valence-electron chi connectivity index (χ3n) is 4.20. The molecule has 1 amide bonds. The minimum Gasteiger partial charge on any atom is -0.490 e. The van der Waals surface area contributed by atoms with Crippen LogP contribution < -0.4 is 14.8 Å². The fourth-order valence-electron chi connectivity index (χ4n) is 2.84. The minimum atomic E-state index is -2.96. The zero-order chi connectivity index (χ0) is 22.1. The lowest BCUT2D eigenvalue weighted by molar-refractivity contribution is -0.385. The molecule has 1 atom stereocenters. The van der Waals surface area contributed by atoms with Gasteiger partial charge in [-0.05, 0) is 24.1 Å². The molecule has 10 heteroatoms. The lowest BCUT2D eigenvalue weighted by Gasteiger charge is -2.20. The van der Waals surface area contributed by atoms with Crippen molar-refractivity contribution in [2.75, 3.05) is 12.9 Å². The number of nitrogens with zero attached hydrogens (tertiary/aromatic N) is 1. The Hall–Kier alpha value is -2.88. The number of alkyl halides is 2. The summed E-state index contributed by atoms with van der Waals surface area (Å²) < 4.78 is 34.8. The molecule has 0 aliphatic rings. The molecule has 2 rings (SSSR count). The normalized spacial score (nSPS) is 11.8. The van der Waals surface area contributed by atoms with E-state index in [1.165, 1.54) is 37.1 Å². The van der Waals surface area contributed by atoms with Crippen molar-refractivity contribution in [1.29, 1.82) is 0 Å². The van der Waals surface area contributed by atoms with Crippen molar-refractivity contribution in [2.24, 2.45) is 0 Å². The van der Waals surface area contributed by atoms with Crippen LogP contribution in [0.1, 0.15) is 30.5 Å². The number of methoxy groups -OCH3 is 1. The smallest absolute Gasteiger partial charge is 0.387 e. The molecule has 162 valence electrons. The zero-order valence-electron chi connectivity index (χ0n) is 16.5. The lowest BCUT2D eigenvalue weighted by atomic mass is 10.0. The number of thioether (sulfide) groups is 1. The van der Waals surface area contributed by atoms with E-state index in [0.29, 0.717) is 23.3 Å². The number of nitrogens with one attached hydrogen (secondary N) is 1. The zero-order valence-corrected chi connectivity index (χ0v) is 17.3. The summed E-state index contributed by atoms with van der Waals surface area (Å²) in [7, 11) is 1.36. The Balaban J connectivity index is 1.96. The number of hydrogen-bond acceptors (Lipinski definition) is 6. The molecule has 2 aromatic rings. The summed E-state index contributed by atoms with van der Waals surface area (Å²) in [4.78, 5) is 22.9. The van der Waals surface area contributed by atoms with Crippen LogP contribution >= 0.6 is 11.8 Å². The van der Waals surface area contributed by atoms with Gasteiger partial charge in [0.25, 0.3) is 0 Å². The SMILES string of the molecule is CCC(NC(=O)CSCc1ccc(OC)c([N+](=O)[O-])c1)c1ccccc1OC(F)F. The van der Waals surface area contributed by atoms with E-state index in [1.807, 2.05) is 6.92 Å². The van der Waals surface area contributed by atoms with Gasteiger partial charge >= 0.3 is 12.3 Å². The quantitative estimate of drug-likeness (QED) is 0.402. The fraction of sp³-hybridized carbons (Fsp3) is 0.350. The van der Waals surface area contributed by atoms with Gasteiger partial charge in [0.2, 0.25) is 5.91 Å². The van der Waals surface area contributed by atoms with Gasteiger partial charge in [-0.3, -0.25) is 14.9 Å². The van der Waals surface area contributed by atoms with Gasteiger partial charge in [0.05, 0.1) is 23.8 Å². The maximum atomic E-state index is 12.6. The van der Waals surface area contributed by atoms with Crippen LogP contribution in [0.4, 0.5) is 14.5 Å². The summed E-state index contributed by atoms with van der Waals surface area (Å²) >= 11 is 1.28. The van der Waals surface area contributed by atoms with Crippen molar-refractivity contribution in [1.82, 2.24) is 5.32 Å². The summed E-state index contributed by atoms with van der Waals surface area (Å²) in [5.74, 6) is 0.412. The molecule has 0 heterocycles. The van der Waals surface area contributed by atoms with Crippen LogP contribution in [0, 0.1) is 10.1 Å². The second-order valence-electron chi connectivity index (χ2n) is 6.20. The van der Waals surface area contributed by atoms with Crippen LogP contribution in [0.2, 0.25) is 0 Å². The molecule has 0 aliphatic heterocycles. The number of hydrogen-bond donors (Lipinski definition) is 1. The van der Waals surface area contributed by atoms with Crippen LogP contribution in [-0.2, 0) is 10.5 Å². The van der Waals surface area contributed by atoms with E-state index in [0.717, 1.165) is 0 Å². The van der Waals surface area contributed by atoms with E-state index in [-0.39, 0.29) is 28.8 Å². The highest BCUT2D eigenvalue weighted by atomic mass is 32.2. The average Bonchev–Trinajstić information content (AvgIpc) is 2.72. The number of benzene rings is 2. The maximum Gasteiger partial charge on any atom is 0.387 e. The molecule has 7 nitrogen and oxygen atoms in total. The summed E-state index contributed by atoms with van der Waals surface area (Å²) in [6.45, 7) is -1.13. The van der Waals surface area contributed by atoms with Gasteiger partial charge in [-0.1, -0.05) is 31.2 Å². The van der Waals surface area contributed by atoms with Crippen molar-refractivity contribution in [3.05, 3.63) is 63.7 Å². The maximum absolute atomic E-state index is 12.6. The van der Waals surface area contributed by atoms with Gasteiger partial charge in [-0.2, -0.15) is 8.78 Å². The van der Waals surface area contributed by atoms with Crippen LogP contribution in [0.15, 0.2) is 42.5 Å². The number of amides is 1. The Bertz CT molecular complexity index is 882. The first kappa shape index (κ1) is 23.4. The lowest BCUT2D eigenvalue weighted by Crippen LogP contribution is -2.30. The highest BCUT2D eigenvalue weighted by molar-refractivity contribution is 7.99. The Morgan fingerprint density at radius 3 is 2.60 bits per heavy atom. The van der Waals surface area contributed by atoms with Gasteiger partial charge in [0.15, 0.2) is 5.75 Å². The minimum absolute atomic E-state index is 0.0258. The number of para-hydroxylation sites is 1. The van der Waals surface area contributed by atoms with Gasteiger partial charge in [0, 0.05) is 17.4 Å². The molecule has 30 heavy (non-hydrogen) atoms. The Morgan fingerprint density at radius 2 is 1.97 bits per heavy atom. The highest BCUT2D eigenvalue weighted by Gasteiger charge is 2.19. The van der Waals surface area contributed by atoms with Crippen LogP contribution in [0.25, 0.3) is 0 Å². The van der Waals surface area contributed by atoms with Crippen LogP contribution in [0.3, 0.4) is 0 Å². The van der Waals surface area contributed by atoms with E-state index in [4.69, 9.17) is 4.74 Å². The number of carbonyl (C=O) groups is 1. The van der Waals surface area contributed by atoms with Gasteiger partial charge in [-0.15, -0.1) is 11.8 Å². The molecule has 1 N–H and O–H groups in total. The first-order valence-corrected chi connectivity index (χ1v) is 10.2. The fourth-order valence-corrected chi connectivity index (χ4v) is 3.62. The standard InChI is InChI=1S/C20H22F2N2O5S/c1-3-15(14-6-4-5-7-17(14)29-20(21)22)23-19(25)12-30-11-13-8-9-18(28-2)16(10-13)24(26)27/h4-10,15,20H,3,11-12H2,1-2H3,(H,23,25). The number of rotatable bonds is 11. The Kier molecular flexibility index (Phi) is 8.85. The highest BCUT2D eigenvalue weighted by Crippen LogP contribution is 2.30. The summed E-state index contributed by atoms with van der Waals surface area (Å²) in [5, 5.41) is 13.9. The molecule has 0 aliphatic carbocycles. The summed E-state index contributed by atoms with van der Waals surface area (Å²) in [6, 6.07) is 10.5. The third-order valence-corrected chi connectivity index (χ3v) is 5.20. The second-order valence-corrected chi connectivity index (χ2v) is 7.19. The van der Waals surface area contributed by atoms with Gasteiger partial charge < -0.3 is 14.8 Å². The van der Waals surface area contributed by atoms with Gasteiger partial charge in [0.1, 0.15) is 5.75 Å². The average molecular weight is 440 g/mol. The van der Waals surface area contributed by atoms with Crippen molar-refractivity contribution in [2.45, 2.75) is 31.8 Å². The number of nitro benzene ring substituents is 1. The molecule has 0 spiro atoms. The third kappa shape index (κ3) is 6.58. The Morgan fingerprint density at radius 1 is 1.23 bits per heavy atom. The molecule has 0 saturated heterocycles. The van der Waals surface area contributed by atoms with Crippen LogP contribution in [-0.4, -0.2) is 30.3 Å². The summed E-state index contributed by atoms with van der Waals surface area (Å²) in [5.41, 5.74) is 1.02. The molecular weight excluding hydrogens is 418 g/mol. The predicted octanol–water partition coefficient (Wildman–Crippen LogP) is 4.71. The number of halogens is 2. The molecule has 0 saturated carbocycles. The second kappa shape index (κ2) is 11.3. The Labute approximate surface area is 176 Å².